The van der Waals surface area contributed by atoms with E-state index in [0.717, 1.165) is 25.0 Å². The first-order valence-corrected chi connectivity index (χ1v) is 11.5. The van der Waals surface area contributed by atoms with Gasteiger partial charge in [0.25, 0.3) is 5.91 Å². The fraction of sp³-hybridized carbons (Fsp3) is 0.542. The van der Waals surface area contributed by atoms with Gasteiger partial charge in [-0.3, -0.25) is 4.79 Å². The first kappa shape index (κ1) is 25.0. The molecule has 0 spiro atoms. The molecule has 3 N–H and O–H groups in total. The monoisotopic (exact) mass is 495 g/mol. The van der Waals surface area contributed by atoms with Crippen molar-refractivity contribution in [1.29, 1.82) is 0 Å². The van der Waals surface area contributed by atoms with E-state index in [1.54, 1.807) is 6.07 Å². The van der Waals surface area contributed by atoms with Gasteiger partial charge >= 0.3 is 12.3 Å². The van der Waals surface area contributed by atoms with Crippen molar-refractivity contribution in [3.05, 3.63) is 53.4 Å². The summed E-state index contributed by atoms with van der Waals surface area (Å²) in [5.41, 5.74) is 2.20. The molecular weight excluding hydrogens is 467 g/mol. The van der Waals surface area contributed by atoms with Crippen LogP contribution in [0.1, 0.15) is 67.1 Å². The Labute approximate surface area is 200 Å². The fourth-order valence-corrected chi connectivity index (χ4v) is 4.84. The summed E-state index contributed by atoms with van der Waals surface area (Å²) >= 11 is 0. The second-order valence-corrected chi connectivity index (χ2v) is 9.59. The van der Waals surface area contributed by atoms with Crippen molar-refractivity contribution in [2.45, 2.75) is 74.7 Å². The lowest BCUT2D eigenvalue weighted by atomic mass is 9.70. The molecule has 2 saturated carbocycles. The van der Waals surface area contributed by atoms with Crippen molar-refractivity contribution in [3.63, 3.8) is 0 Å². The van der Waals surface area contributed by atoms with Crippen molar-refractivity contribution < 1.29 is 37.1 Å². The van der Waals surface area contributed by atoms with E-state index in [2.05, 4.69) is 5.16 Å². The number of ether oxygens (including phenoxy) is 1. The van der Waals surface area contributed by atoms with Crippen LogP contribution in [0.15, 0.2) is 41.1 Å². The smallest absolute Gasteiger partial charge is 0.421 e. The molecule has 2 aromatic rings. The van der Waals surface area contributed by atoms with E-state index in [-0.39, 0.29) is 35.7 Å². The number of primary amides is 1. The predicted octanol–water partition coefficient (Wildman–Crippen LogP) is 4.02. The second-order valence-electron chi connectivity index (χ2n) is 9.59. The van der Waals surface area contributed by atoms with E-state index in [1.807, 2.05) is 4.90 Å². The molecule has 1 aromatic carbocycles. The Morgan fingerprint density at radius 3 is 2.23 bits per heavy atom. The molecule has 0 aliphatic heterocycles. The van der Waals surface area contributed by atoms with Gasteiger partial charge in [-0.15, -0.1) is 0 Å². The minimum absolute atomic E-state index is 0.0551. The molecule has 8 nitrogen and oxygen atoms in total. The van der Waals surface area contributed by atoms with Crippen LogP contribution in [0.3, 0.4) is 0 Å². The molecule has 35 heavy (non-hydrogen) atoms. The third kappa shape index (κ3) is 5.00. The van der Waals surface area contributed by atoms with E-state index < -0.39 is 23.3 Å². The maximum Gasteiger partial charge on any atom is 0.421 e. The van der Waals surface area contributed by atoms with Gasteiger partial charge in [-0.1, -0.05) is 17.3 Å². The van der Waals surface area contributed by atoms with Gasteiger partial charge < -0.3 is 25.0 Å². The molecule has 0 unspecified atom stereocenters. The van der Waals surface area contributed by atoms with Gasteiger partial charge in [-0.25, -0.2) is 4.79 Å². The Balaban J connectivity index is 1.50. The van der Waals surface area contributed by atoms with Gasteiger partial charge in [-0.2, -0.15) is 13.2 Å². The van der Waals surface area contributed by atoms with Crippen LogP contribution in [-0.2, 0) is 15.8 Å². The molecular formula is C24H28F3N3O5. The van der Waals surface area contributed by atoms with E-state index in [9.17, 15) is 27.9 Å². The average Bonchev–Trinajstić information content (AvgIpc) is 3.48. The normalized spacial score (nSPS) is 24.4. The number of rotatable bonds is 7. The largest absolute Gasteiger partial charge is 0.449 e. The van der Waals surface area contributed by atoms with Gasteiger partial charge in [0.15, 0.2) is 5.60 Å². The minimum atomic E-state index is -4.84. The van der Waals surface area contributed by atoms with Crippen molar-refractivity contribution in [2.75, 3.05) is 6.61 Å². The highest BCUT2D eigenvalue weighted by atomic mass is 19.4. The zero-order valence-corrected chi connectivity index (χ0v) is 19.3. The standard InChI is InChI=1S/C24H28F3N3O5/c1-22(33,24(25,26)27)16-4-2-15(3-5-16)20(31)30(17-6-7-17)18-8-11-23(12-9-18,14-34-21(28)32)19-10-13-35-29-19/h2-5,10,13,17-18,33H,6-9,11-12,14H2,1H3,(H2,28,32)/t18?,22-,23?/m0/s1. The van der Waals surface area contributed by atoms with E-state index in [1.165, 1.54) is 18.4 Å². The Hall–Kier alpha value is -3.08. The highest BCUT2D eigenvalue weighted by molar-refractivity contribution is 5.95. The molecule has 1 heterocycles. The first-order chi connectivity index (χ1) is 16.4. The zero-order valence-electron chi connectivity index (χ0n) is 19.3. The summed E-state index contributed by atoms with van der Waals surface area (Å²) in [5.74, 6) is -0.252. The molecule has 1 aromatic heterocycles. The van der Waals surface area contributed by atoms with E-state index >= 15 is 0 Å². The lowest BCUT2D eigenvalue weighted by Crippen LogP contribution is -2.48. The zero-order chi connectivity index (χ0) is 25.4. The molecule has 4 rings (SSSR count). The fourth-order valence-electron chi connectivity index (χ4n) is 4.84. The maximum atomic E-state index is 13.4. The summed E-state index contributed by atoms with van der Waals surface area (Å²) in [6.45, 7) is 0.741. The quantitative estimate of drug-likeness (QED) is 0.599. The van der Waals surface area contributed by atoms with Crippen LogP contribution in [0.2, 0.25) is 0 Å². The third-order valence-electron chi connectivity index (χ3n) is 7.20. The number of hydrogen-bond donors (Lipinski definition) is 2. The second kappa shape index (κ2) is 9.18. The molecule has 190 valence electrons. The van der Waals surface area contributed by atoms with E-state index in [4.69, 9.17) is 15.0 Å². The lowest BCUT2D eigenvalue weighted by Gasteiger charge is -2.42. The van der Waals surface area contributed by atoms with Crippen molar-refractivity contribution >= 4 is 12.0 Å². The number of halogens is 3. The van der Waals surface area contributed by atoms with Crippen LogP contribution in [-0.4, -0.2) is 52.0 Å². The van der Waals surface area contributed by atoms with Gasteiger partial charge in [0.05, 0.1) is 11.1 Å². The third-order valence-corrected chi connectivity index (χ3v) is 7.20. The summed E-state index contributed by atoms with van der Waals surface area (Å²) in [6.07, 6.45) is -0.121. The van der Waals surface area contributed by atoms with Crippen molar-refractivity contribution in [2.24, 2.45) is 5.73 Å². The molecule has 2 amide bonds. The summed E-state index contributed by atoms with van der Waals surface area (Å²) in [7, 11) is 0. The molecule has 0 bridgehead atoms. The van der Waals surface area contributed by atoms with Gasteiger partial charge in [0.1, 0.15) is 12.9 Å². The minimum Gasteiger partial charge on any atom is -0.449 e. The van der Waals surface area contributed by atoms with Crippen LogP contribution >= 0.6 is 0 Å². The molecule has 2 aliphatic carbocycles. The van der Waals surface area contributed by atoms with E-state index in [0.29, 0.717) is 38.3 Å². The van der Waals surface area contributed by atoms with Crippen molar-refractivity contribution in [3.8, 4) is 0 Å². The number of carbonyl (C=O) groups is 2. The summed E-state index contributed by atoms with van der Waals surface area (Å²) < 4.78 is 49.6. The molecule has 1 atom stereocenters. The molecule has 2 aliphatic rings. The van der Waals surface area contributed by atoms with Gasteiger partial charge in [0, 0.05) is 23.7 Å². The Bertz CT molecular complexity index is 1040. The number of aromatic nitrogens is 1. The topological polar surface area (TPSA) is 119 Å². The maximum absolute atomic E-state index is 13.4. The predicted molar refractivity (Wildman–Crippen MR) is 117 cm³/mol. The number of aliphatic hydroxyl groups is 1. The molecule has 11 heteroatoms. The molecule has 2 fully saturated rings. The number of hydrogen-bond acceptors (Lipinski definition) is 6. The Kier molecular flexibility index (Phi) is 6.56. The highest BCUT2D eigenvalue weighted by Crippen LogP contribution is 2.43. The van der Waals surface area contributed by atoms with Crippen LogP contribution in [0, 0.1) is 0 Å². The number of alkyl halides is 3. The summed E-state index contributed by atoms with van der Waals surface area (Å²) in [5, 5.41) is 13.9. The Morgan fingerprint density at radius 2 is 1.74 bits per heavy atom. The average molecular weight is 495 g/mol. The number of nitrogens with two attached hydrogens (primary N) is 1. The summed E-state index contributed by atoms with van der Waals surface area (Å²) in [6, 6.07) is 6.67. The number of benzene rings is 1. The lowest BCUT2D eigenvalue weighted by molar-refractivity contribution is -0.258. The van der Waals surface area contributed by atoms with Gasteiger partial charge in [-0.05, 0) is 63.1 Å². The van der Waals surface area contributed by atoms with Crippen LogP contribution in [0.5, 0.6) is 0 Å². The van der Waals surface area contributed by atoms with Crippen LogP contribution < -0.4 is 5.73 Å². The first-order valence-electron chi connectivity index (χ1n) is 11.5. The molecule has 0 radical (unpaired) electrons. The van der Waals surface area contributed by atoms with Crippen LogP contribution in [0.25, 0.3) is 0 Å². The van der Waals surface area contributed by atoms with Gasteiger partial charge in [0.2, 0.25) is 0 Å². The highest BCUT2D eigenvalue weighted by Gasteiger charge is 2.51. The number of amides is 2. The SMILES string of the molecule is C[C@](O)(c1ccc(C(=O)N(C2CC2)C2CCC(COC(N)=O)(c3ccon3)CC2)cc1)C(F)(F)F. The Morgan fingerprint density at radius 1 is 1.14 bits per heavy atom. The number of carbonyl (C=O) groups excluding carboxylic acids is 2. The van der Waals surface area contributed by atoms with Crippen LogP contribution in [0.4, 0.5) is 18.0 Å². The molecule has 0 saturated heterocycles. The summed E-state index contributed by atoms with van der Waals surface area (Å²) in [4.78, 5) is 26.5. The van der Waals surface area contributed by atoms with Crippen molar-refractivity contribution in [1.82, 2.24) is 10.1 Å². The number of nitrogens with zero attached hydrogens (tertiary/aromatic N) is 2.